The highest BCUT2D eigenvalue weighted by Gasteiger charge is 2.50. The van der Waals surface area contributed by atoms with Gasteiger partial charge in [0.1, 0.15) is 5.92 Å². The minimum absolute atomic E-state index is 0.287. The van der Waals surface area contributed by atoms with Gasteiger partial charge in [-0.15, -0.1) is 0 Å². The molecule has 0 spiro atoms. The van der Waals surface area contributed by atoms with Crippen LogP contribution in [-0.4, -0.2) is 28.6 Å². The fourth-order valence-electron chi connectivity index (χ4n) is 2.17. The normalized spacial score (nSPS) is 26.5. The molecule has 0 saturated heterocycles. The van der Waals surface area contributed by atoms with Gasteiger partial charge < -0.3 is 9.84 Å². The minimum Gasteiger partial charge on any atom is -0.462 e. The summed E-state index contributed by atoms with van der Waals surface area (Å²) in [6, 6.07) is 0. The highest BCUT2D eigenvalue weighted by molar-refractivity contribution is 5.97. The second-order valence-electron chi connectivity index (χ2n) is 5.48. The molecule has 0 aromatic carbocycles. The molecule has 106 valence electrons. The molecule has 0 radical (unpaired) electrons. The van der Waals surface area contributed by atoms with Crippen LogP contribution >= 0.6 is 0 Å². The molecule has 2 unspecified atom stereocenters. The van der Waals surface area contributed by atoms with Gasteiger partial charge in [-0.2, -0.15) is 0 Å². The van der Waals surface area contributed by atoms with E-state index in [1.807, 2.05) is 0 Å². The van der Waals surface area contributed by atoms with Crippen molar-refractivity contribution in [2.24, 2.45) is 11.8 Å². The van der Waals surface area contributed by atoms with Crippen LogP contribution in [0.1, 0.15) is 34.6 Å². The molecule has 1 aliphatic carbocycles. The first-order valence-corrected chi connectivity index (χ1v) is 6.54. The largest absolute Gasteiger partial charge is 0.462 e. The Bertz CT molecular complexity index is 431. The van der Waals surface area contributed by atoms with Crippen LogP contribution in [0.25, 0.3) is 0 Å². The first-order valence-electron chi connectivity index (χ1n) is 6.54. The lowest BCUT2D eigenvalue weighted by molar-refractivity contribution is -0.163. The Morgan fingerprint density at radius 3 is 2.37 bits per heavy atom. The van der Waals surface area contributed by atoms with E-state index in [0.29, 0.717) is 5.57 Å². The summed E-state index contributed by atoms with van der Waals surface area (Å²) in [5.41, 5.74) is -1.33. The molecule has 0 heterocycles. The molecule has 19 heavy (non-hydrogen) atoms. The quantitative estimate of drug-likeness (QED) is 0.791. The summed E-state index contributed by atoms with van der Waals surface area (Å²) in [5.74, 6) is -2.28. The molecule has 2 atom stereocenters. The number of rotatable bonds is 4. The lowest BCUT2D eigenvalue weighted by Crippen LogP contribution is -2.52. The van der Waals surface area contributed by atoms with Crippen molar-refractivity contribution in [1.82, 2.24) is 0 Å². The Hall–Kier alpha value is -1.42. The van der Waals surface area contributed by atoms with Crippen LogP contribution in [0.4, 0.5) is 0 Å². The third kappa shape index (κ3) is 2.95. The van der Waals surface area contributed by atoms with Crippen LogP contribution < -0.4 is 0 Å². The van der Waals surface area contributed by atoms with Crippen LogP contribution in [0, 0.1) is 11.8 Å². The number of ether oxygens (including phenoxy) is 1. The molecule has 0 amide bonds. The van der Waals surface area contributed by atoms with Gasteiger partial charge in [-0.1, -0.05) is 32.1 Å². The molecule has 0 fully saturated rings. The van der Waals surface area contributed by atoms with Gasteiger partial charge in [-0.3, -0.25) is 9.59 Å². The summed E-state index contributed by atoms with van der Waals surface area (Å²) in [4.78, 5) is 24.4. The molecule has 0 aromatic rings. The topological polar surface area (TPSA) is 63.6 Å². The Morgan fingerprint density at radius 2 is 1.89 bits per heavy atom. The summed E-state index contributed by atoms with van der Waals surface area (Å²) < 4.78 is 5.13. The number of carbonyl (C=O) groups is 2. The van der Waals surface area contributed by atoms with Crippen LogP contribution in [0.3, 0.4) is 0 Å². The third-order valence-corrected chi connectivity index (χ3v) is 3.21. The number of hydrogen-bond donors (Lipinski definition) is 1. The van der Waals surface area contributed by atoms with E-state index in [9.17, 15) is 14.7 Å². The van der Waals surface area contributed by atoms with E-state index in [4.69, 9.17) is 4.74 Å². The van der Waals surface area contributed by atoms with Crippen LogP contribution in [0.15, 0.2) is 23.8 Å². The average Bonchev–Trinajstić information content (AvgIpc) is 2.30. The minimum atomic E-state index is -1.80. The fraction of sp³-hybridized carbons (Fsp3) is 0.600. The monoisotopic (exact) mass is 266 g/mol. The molecule has 0 aromatic heterocycles. The number of hydrogen-bond acceptors (Lipinski definition) is 4. The predicted molar refractivity (Wildman–Crippen MR) is 72.4 cm³/mol. The predicted octanol–water partition coefficient (Wildman–Crippen LogP) is 2.03. The zero-order valence-corrected chi connectivity index (χ0v) is 12.1. The zero-order valence-electron chi connectivity index (χ0n) is 12.1. The van der Waals surface area contributed by atoms with Crippen molar-refractivity contribution in [3.8, 4) is 0 Å². The van der Waals surface area contributed by atoms with E-state index in [1.54, 1.807) is 46.8 Å². The van der Waals surface area contributed by atoms with Crippen molar-refractivity contribution in [2.75, 3.05) is 0 Å². The zero-order chi connectivity index (χ0) is 14.8. The van der Waals surface area contributed by atoms with Gasteiger partial charge in [0.2, 0.25) is 0 Å². The molecule has 1 N–H and O–H groups in total. The smallest absolute Gasteiger partial charge is 0.316 e. The van der Waals surface area contributed by atoms with E-state index in [-0.39, 0.29) is 17.8 Å². The molecule has 4 nitrogen and oxygen atoms in total. The van der Waals surface area contributed by atoms with Crippen molar-refractivity contribution in [1.29, 1.82) is 0 Å². The molecule has 0 saturated carbocycles. The SMILES string of the molecule is CC1=CC=CC(C(=O)OC(C)C)C1(O)C(=O)C(C)C. The highest BCUT2D eigenvalue weighted by atomic mass is 16.5. The molecular formula is C15H22O4. The molecule has 4 heteroatoms. The summed E-state index contributed by atoms with van der Waals surface area (Å²) >= 11 is 0. The van der Waals surface area contributed by atoms with Crippen LogP contribution in [-0.2, 0) is 14.3 Å². The summed E-state index contributed by atoms with van der Waals surface area (Å²) in [5, 5.41) is 10.8. The van der Waals surface area contributed by atoms with E-state index >= 15 is 0 Å². The first kappa shape index (κ1) is 15.6. The van der Waals surface area contributed by atoms with Gasteiger partial charge in [0.15, 0.2) is 11.4 Å². The second kappa shape index (κ2) is 5.70. The Kier molecular flexibility index (Phi) is 4.69. The van der Waals surface area contributed by atoms with Gasteiger partial charge in [-0.05, 0) is 26.3 Å². The molecule has 1 rings (SSSR count). The molecule has 0 aliphatic heterocycles. The Labute approximate surface area is 114 Å². The van der Waals surface area contributed by atoms with Crippen molar-refractivity contribution in [2.45, 2.75) is 46.3 Å². The standard InChI is InChI=1S/C15H22O4/c1-9(2)13(16)15(18)11(5)7-6-8-12(15)14(17)19-10(3)4/h6-10,12,18H,1-5H3. The Balaban J connectivity index is 3.15. The lowest BCUT2D eigenvalue weighted by atomic mass is 9.72. The van der Waals surface area contributed by atoms with E-state index < -0.39 is 17.5 Å². The Morgan fingerprint density at radius 1 is 1.32 bits per heavy atom. The van der Waals surface area contributed by atoms with Crippen molar-refractivity contribution < 1.29 is 19.4 Å². The van der Waals surface area contributed by atoms with Gasteiger partial charge in [0.25, 0.3) is 0 Å². The van der Waals surface area contributed by atoms with Crippen LogP contribution in [0.5, 0.6) is 0 Å². The molecular weight excluding hydrogens is 244 g/mol. The van der Waals surface area contributed by atoms with E-state index in [1.165, 1.54) is 6.08 Å². The average molecular weight is 266 g/mol. The number of ketones is 1. The molecule has 1 aliphatic rings. The first-order chi connectivity index (χ1) is 8.71. The van der Waals surface area contributed by atoms with Crippen molar-refractivity contribution >= 4 is 11.8 Å². The van der Waals surface area contributed by atoms with Gasteiger partial charge in [0, 0.05) is 5.92 Å². The molecule has 0 bridgehead atoms. The number of allylic oxidation sites excluding steroid dienone is 2. The maximum atomic E-state index is 12.3. The summed E-state index contributed by atoms with van der Waals surface area (Å²) in [6.07, 6.45) is 4.56. The summed E-state index contributed by atoms with van der Waals surface area (Å²) in [6.45, 7) is 8.53. The summed E-state index contributed by atoms with van der Waals surface area (Å²) in [7, 11) is 0. The van der Waals surface area contributed by atoms with Crippen LogP contribution in [0.2, 0.25) is 0 Å². The van der Waals surface area contributed by atoms with Gasteiger partial charge in [-0.25, -0.2) is 0 Å². The number of Topliss-reactive ketones (excluding diaryl/α,β-unsaturated/α-hetero) is 1. The van der Waals surface area contributed by atoms with E-state index in [2.05, 4.69) is 0 Å². The third-order valence-electron chi connectivity index (χ3n) is 3.21. The lowest BCUT2D eigenvalue weighted by Gasteiger charge is -2.36. The van der Waals surface area contributed by atoms with E-state index in [0.717, 1.165) is 0 Å². The number of carbonyl (C=O) groups excluding carboxylic acids is 2. The highest BCUT2D eigenvalue weighted by Crippen LogP contribution is 2.34. The van der Waals surface area contributed by atoms with Gasteiger partial charge >= 0.3 is 5.97 Å². The number of esters is 1. The number of aliphatic hydroxyl groups is 1. The van der Waals surface area contributed by atoms with Crippen molar-refractivity contribution in [3.63, 3.8) is 0 Å². The maximum absolute atomic E-state index is 12.3. The maximum Gasteiger partial charge on any atom is 0.316 e. The van der Waals surface area contributed by atoms with Gasteiger partial charge in [0.05, 0.1) is 6.10 Å². The fourth-order valence-corrected chi connectivity index (χ4v) is 2.17. The second-order valence-corrected chi connectivity index (χ2v) is 5.48. The van der Waals surface area contributed by atoms with Crippen molar-refractivity contribution in [3.05, 3.63) is 23.8 Å².